The summed E-state index contributed by atoms with van der Waals surface area (Å²) >= 11 is 0. The number of benzene rings is 2. The fourth-order valence-electron chi connectivity index (χ4n) is 5.76. The van der Waals surface area contributed by atoms with Gasteiger partial charge in [0.05, 0.1) is 13.2 Å². The van der Waals surface area contributed by atoms with E-state index in [0.717, 1.165) is 57.5 Å². The van der Waals surface area contributed by atoms with Crippen molar-refractivity contribution < 1.29 is 9.53 Å². The van der Waals surface area contributed by atoms with Gasteiger partial charge >= 0.3 is 0 Å². The van der Waals surface area contributed by atoms with Gasteiger partial charge < -0.3 is 9.64 Å². The number of rotatable bonds is 6. The lowest BCUT2D eigenvalue weighted by Crippen LogP contribution is -2.53. The molecule has 2 aromatic rings. The van der Waals surface area contributed by atoms with Crippen molar-refractivity contribution in [3.05, 3.63) is 53.6 Å². The number of piperazine rings is 1. The van der Waals surface area contributed by atoms with Crippen molar-refractivity contribution in [3.63, 3.8) is 0 Å². The van der Waals surface area contributed by atoms with Crippen molar-refractivity contribution >= 4 is 5.91 Å². The van der Waals surface area contributed by atoms with Crippen LogP contribution in [-0.4, -0.2) is 72.5 Å². The first-order valence-corrected chi connectivity index (χ1v) is 12.8. The number of carbonyl (C=O) groups excluding carboxylic acids is 1. The van der Waals surface area contributed by atoms with Gasteiger partial charge in [-0.15, -0.1) is 0 Å². The van der Waals surface area contributed by atoms with Crippen LogP contribution >= 0.6 is 0 Å². The quantitative estimate of drug-likeness (QED) is 0.665. The lowest BCUT2D eigenvalue weighted by Gasteiger charge is -2.39. The largest absolute Gasteiger partial charge is 0.494 e. The Hall–Kier alpha value is -2.37. The van der Waals surface area contributed by atoms with Crippen molar-refractivity contribution in [3.8, 4) is 16.9 Å². The van der Waals surface area contributed by atoms with E-state index in [9.17, 15) is 4.79 Å². The van der Waals surface area contributed by atoms with E-state index in [1.54, 1.807) is 0 Å². The molecule has 1 amide bonds. The molecule has 0 spiro atoms. The highest BCUT2D eigenvalue weighted by atomic mass is 16.5. The van der Waals surface area contributed by atoms with Gasteiger partial charge in [-0.25, -0.2) is 0 Å². The number of hydrogen-bond donors (Lipinski definition) is 0. The molecular weight excluding hydrogens is 410 g/mol. The van der Waals surface area contributed by atoms with E-state index in [2.05, 4.69) is 51.1 Å². The van der Waals surface area contributed by atoms with Crippen molar-refractivity contribution in [2.24, 2.45) is 0 Å². The van der Waals surface area contributed by atoms with Gasteiger partial charge in [0.2, 0.25) is 5.91 Å². The average Bonchev–Trinajstić information content (AvgIpc) is 3.39. The third kappa shape index (κ3) is 5.25. The van der Waals surface area contributed by atoms with Crippen LogP contribution in [0.25, 0.3) is 11.1 Å². The Labute approximate surface area is 198 Å². The number of fused-ring (bicyclic) bond motifs is 1. The summed E-state index contributed by atoms with van der Waals surface area (Å²) in [6.07, 6.45) is 6.45. The zero-order chi connectivity index (χ0) is 22.6. The van der Waals surface area contributed by atoms with Crippen LogP contribution in [0.4, 0.5) is 0 Å². The maximum atomic E-state index is 13.0. The summed E-state index contributed by atoms with van der Waals surface area (Å²) in [6.45, 7) is 8.93. The molecule has 1 aliphatic carbocycles. The summed E-state index contributed by atoms with van der Waals surface area (Å²) < 4.78 is 5.67. The molecule has 0 atom stereocenters. The van der Waals surface area contributed by atoms with Crippen molar-refractivity contribution in [2.75, 3.05) is 45.9 Å². The highest BCUT2D eigenvalue weighted by Crippen LogP contribution is 2.29. The van der Waals surface area contributed by atoms with E-state index in [-0.39, 0.29) is 0 Å². The maximum absolute atomic E-state index is 13.0. The summed E-state index contributed by atoms with van der Waals surface area (Å²) in [5.74, 6) is 1.22. The van der Waals surface area contributed by atoms with Gasteiger partial charge in [0.15, 0.2) is 0 Å². The van der Waals surface area contributed by atoms with Crippen LogP contribution in [-0.2, 0) is 17.8 Å². The standard InChI is InChI=1S/C28H37N3O2/c1-2-33-27-9-5-6-22(19-27)23-10-11-25-20-29(13-12-24(25)18-23)21-28(32)31-16-14-30(15-17-31)26-7-3-4-8-26/h5-6,9-11,18-19,26H,2-4,7-8,12-17,20-21H2,1H3. The summed E-state index contributed by atoms with van der Waals surface area (Å²) in [7, 11) is 0. The van der Waals surface area contributed by atoms with Crippen LogP contribution in [0.3, 0.4) is 0 Å². The number of carbonyl (C=O) groups is 1. The highest BCUT2D eigenvalue weighted by molar-refractivity contribution is 5.78. The molecule has 2 aliphatic heterocycles. The number of amides is 1. The minimum atomic E-state index is 0.300. The van der Waals surface area contributed by atoms with Gasteiger partial charge in [-0.2, -0.15) is 0 Å². The first-order chi connectivity index (χ1) is 16.2. The van der Waals surface area contributed by atoms with Crippen LogP contribution in [0.2, 0.25) is 0 Å². The SMILES string of the molecule is CCOc1cccc(-c2ccc3c(c2)CCN(CC(=O)N2CCN(C4CCCC4)CC2)C3)c1. The van der Waals surface area contributed by atoms with E-state index in [1.807, 2.05) is 13.0 Å². The smallest absolute Gasteiger partial charge is 0.236 e. The van der Waals surface area contributed by atoms with Crippen molar-refractivity contribution in [1.29, 1.82) is 0 Å². The second-order valence-corrected chi connectivity index (χ2v) is 9.76. The second kappa shape index (κ2) is 10.3. The van der Waals surface area contributed by atoms with E-state index in [1.165, 1.54) is 47.9 Å². The molecule has 0 radical (unpaired) electrons. The molecule has 176 valence electrons. The van der Waals surface area contributed by atoms with E-state index >= 15 is 0 Å². The first-order valence-electron chi connectivity index (χ1n) is 12.8. The number of hydrogen-bond acceptors (Lipinski definition) is 4. The molecule has 2 heterocycles. The average molecular weight is 448 g/mol. The lowest BCUT2D eigenvalue weighted by molar-refractivity contribution is -0.134. The van der Waals surface area contributed by atoms with Crippen LogP contribution in [0.1, 0.15) is 43.7 Å². The normalized spacial score (nSPS) is 20.1. The molecule has 2 aromatic carbocycles. The Kier molecular flexibility index (Phi) is 6.98. The monoisotopic (exact) mass is 447 g/mol. The molecule has 0 N–H and O–H groups in total. The molecule has 0 unspecified atom stereocenters. The van der Waals surface area contributed by atoms with Gasteiger partial charge in [-0.1, -0.05) is 43.2 Å². The number of ether oxygens (including phenoxy) is 1. The maximum Gasteiger partial charge on any atom is 0.236 e. The fraction of sp³-hybridized carbons (Fsp3) is 0.536. The molecule has 1 saturated heterocycles. The van der Waals surface area contributed by atoms with Gasteiger partial charge in [-0.05, 0) is 60.6 Å². The van der Waals surface area contributed by atoms with E-state index in [0.29, 0.717) is 19.1 Å². The molecule has 3 aliphatic rings. The van der Waals surface area contributed by atoms with Crippen LogP contribution in [0.15, 0.2) is 42.5 Å². The van der Waals surface area contributed by atoms with E-state index in [4.69, 9.17) is 4.74 Å². The van der Waals surface area contributed by atoms with Gasteiger partial charge in [0, 0.05) is 45.3 Å². The Bertz CT molecular complexity index is 961. The molecule has 0 aromatic heterocycles. The summed E-state index contributed by atoms with van der Waals surface area (Å²) in [4.78, 5) is 20.0. The fourth-order valence-corrected chi connectivity index (χ4v) is 5.76. The Morgan fingerprint density at radius 1 is 0.939 bits per heavy atom. The summed E-state index contributed by atoms with van der Waals surface area (Å²) in [5, 5.41) is 0. The van der Waals surface area contributed by atoms with Gasteiger partial charge in [0.25, 0.3) is 0 Å². The third-order valence-electron chi connectivity index (χ3n) is 7.64. The number of nitrogens with zero attached hydrogens (tertiary/aromatic N) is 3. The predicted molar refractivity (Wildman–Crippen MR) is 132 cm³/mol. The van der Waals surface area contributed by atoms with Crippen molar-refractivity contribution in [2.45, 2.75) is 51.6 Å². The van der Waals surface area contributed by atoms with E-state index < -0.39 is 0 Å². The summed E-state index contributed by atoms with van der Waals surface area (Å²) in [6, 6.07) is 15.9. The molecule has 2 fully saturated rings. The zero-order valence-corrected chi connectivity index (χ0v) is 20.0. The lowest BCUT2D eigenvalue weighted by atomic mass is 9.94. The minimum Gasteiger partial charge on any atom is -0.494 e. The Morgan fingerprint density at radius 2 is 1.73 bits per heavy atom. The second-order valence-electron chi connectivity index (χ2n) is 9.76. The summed E-state index contributed by atoms with van der Waals surface area (Å²) in [5.41, 5.74) is 5.19. The molecule has 0 bridgehead atoms. The third-order valence-corrected chi connectivity index (χ3v) is 7.64. The topological polar surface area (TPSA) is 36.0 Å². The molecule has 33 heavy (non-hydrogen) atoms. The molecule has 1 saturated carbocycles. The highest BCUT2D eigenvalue weighted by Gasteiger charge is 2.29. The zero-order valence-electron chi connectivity index (χ0n) is 20.0. The van der Waals surface area contributed by atoms with Gasteiger partial charge in [0.1, 0.15) is 5.75 Å². The molecule has 5 nitrogen and oxygen atoms in total. The Morgan fingerprint density at radius 3 is 2.52 bits per heavy atom. The van der Waals surface area contributed by atoms with Crippen molar-refractivity contribution in [1.82, 2.24) is 14.7 Å². The van der Waals surface area contributed by atoms with Crippen LogP contribution < -0.4 is 4.74 Å². The molecular formula is C28H37N3O2. The molecule has 5 heteroatoms. The van der Waals surface area contributed by atoms with Crippen LogP contribution in [0.5, 0.6) is 5.75 Å². The first kappa shape index (κ1) is 22.4. The van der Waals surface area contributed by atoms with Gasteiger partial charge in [-0.3, -0.25) is 14.6 Å². The van der Waals surface area contributed by atoms with Crippen LogP contribution in [0, 0.1) is 0 Å². The molecule has 5 rings (SSSR count). The minimum absolute atomic E-state index is 0.300. The Balaban J connectivity index is 1.16. The predicted octanol–water partition coefficient (Wildman–Crippen LogP) is 4.20.